The minimum Gasteiger partial charge on any atom is -0.391 e. The fraction of sp³-hybridized carbons (Fsp3) is 0.500. The van der Waals surface area contributed by atoms with Gasteiger partial charge in [0.2, 0.25) is 5.91 Å². The molecule has 2 aromatic heterocycles. The van der Waals surface area contributed by atoms with Gasteiger partial charge in [-0.3, -0.25) is 9.59 Å². The SMILES string of the molecule is O=C(N[C@@H]1C[C@@H](C(=O)NCCCn2ccnc2)CC[C@H]1O)c1cc[nH]c1. The number of imidazole rings is 1. The van der Waals surface area contributed by atoms with Crippen LogP contribution in [0, 0.1) is 5.92 Å². The number of carbonyl (C=O) groups is 2. The molecular formula is C18H25N5O3. The van der Waals surface area contributed by atoms with Gasteiger partial charge in [-0.15, -0.1) is 0 Å². The summed E-state index contributed by atoms with van der Waals surface area (Å²) in [7, 11) is 0. The third-order valence-electron chi connectivity index (χ3n) is 4.81. The Balaban J connectivity index is 1.44. The van der Waals surface area contributed by atoms with Gasteiger partial charge < -0.3 is 25.3 Å². The Morgan fingerprint density at radius 3 is 3.00 bits per heavy atom. The van der Waals surface area contributed by atoms with Gasteiger partial charge in [0.1, 0.15) is 0 Å². The monoisotopic (exact) mass is 359 g/mol. The molecule has 0 aromatic carbocycles. The molecule has 3 atom stereocenters. The zero-order valence-electron chi connectivity index (χ0n) is 14.6. The second kappa shape index (κ2) is 8.66. The smallest absolute Gasteiger partial charge is 0.253 e. The number of amides is 2. The molecule has 4 N–H and O–H groups in total. The van der Waals surface area contributed by atoms with E-state index in [1.165, 1.54) is 0 Å². The Hall–Kier alpha value is -2.61. The molecule has 3 rings (SSSR count). The molecule has 2 heterocycles. The van der Waals surface area contributed by atoms with Crippen LogP contribution in [0.3, 0.4) is 0 Å². The third kappa shape index (κ3) is 4.72. The lowest BCUT2D eigenvalue weighted by molar-refractivity contribution is -0.127. The second-order valence-corrected chi connectivity index (χ2v) is 6.70. The molecule has 8 nitrogen and oxygen atoms in total. The summed E-state index contributed by atoms with van der Waals surface area (Å²) in [5.74, 6) is -0.441. The zero-order valence-corrected chi connectivity index (χ0v) is 14.6. The van der Waals surface area contributed by atoms with Crippen LogP contribution in [0.2, 0.25) is 0 Å². The van der Waals surface area contributed by atoms with Crippen LogP contribution < -0.4 is 10.6 Å². The minimum atomic E-state index is -0.622. The van der Waals surface area contributed by atoms with Crippen LogP contribution in [-0.2, 0) is 11.3 Å². The summed E-state index contributed by atoms with van der Waals surface area (Å²) in [5.41, 5.74) is 0.517. The lowest BCUT2D eigenvalue weighted by Gasteiger charge is -2.33. The Morgan fingerprint density at radius 2 is 2.27 bits per heavy atom. The van der Waals surface area contributed by atoms with Crippen molar-refractivity contribution in [2.24, 2.45) is 5.92 Å². The number of rotatable bonds is 7. The molecule has 1 aliphatic rings. The Morgan fingerprint density at radius 1 is 1.38 bits per heavy atom. The molecule has 140 valence electrons. The maximum atomic E-state index is 12.4. The highest BCUT2D eigenvalue weighted by Gasteiger charge is 2.33. The molecule has 0 bridgehead atoms. The first-order valence-electron chi connectivity index (χ1n) is 8.98. The first-order chi connectivity index (χ1) is 12.6. The molecule has 0 saturated heterocycles. The average Bonchev–Trinajstić information content (AvgIpc) is 3.34. The maximum Gasteiger partial charge on any atom is 0.253 e. The summed E-state index contributed by atoms with van der Waals surface area (Å²) in [6.07, 6.45) is 10.4. The molecule has 0 aliphatic heterocycles. The molecular weight excluding hydrogens is 334 g/mol. The maximum absolute atomic E-state index is 12.4. The van der Waals surface area contributed by atoms with Crippen LogP contribution in [0.25, 0.3) is 0 Å². The van der Waals surface area contributed by atoms with E-state index in [1.807, 2.05) is 10.8 Å². The van der Waals surface area contributed by atoms with Gasteiger partial charge >= 0.3 is 0 Å². The van der Waals surface area contributed by atoms with E-state index in [-0.39, 0.29) is 17.7 Å². The van der Waals surface area contributed by atoms with Crippen molar-refractivity contribution < 1.29 is 14.7 Å². The van der Waals surface area contributed by atoms with Crippen LogP contribution in [0.4, 0.5) is 0 Å². The van der Waals surface area contributed by atoms with Gasteiger partial charge in [0, 0.05) is 43.8 Å². The summed E-state index contributed by atoms with van der Waals surface area (Å²) < 4.78 is 1.97. The highest BCUT2D eigenvalue weighted by Crippen LogP contribution is 2.25. The quantitative estimate of drug-likeness (QED) is 0.545. The molecule has 1 fully saturated rings. The molecule has 2 aromatic rings. The summed E-state index contributed by atoms with van der Waals surface area (Å²) in [4.78, 5) is 31.4. The van der Waals surface area contributed by atoms with Gasteiger partial charge in [0.25, 0.3) is 5.91 Å². The summed E-state index contributed by atoms with van der Waals surface area (Å²) in [6.45, 7) is 1.40. The molecule has 0 spiro atoms. The summed E-state index contributed by atoms with van der Waals surface area (Å²) >= 11 is 0. The van der Waals surface area contributed by atoms with E-state index in [9.17, 15) is 14.7 Å². The van der Waals surface area contributed by atoms with E-state index in [4.69, 9.17) is 0 Å². The number of aryl methyl sites for hydroxylation is 1. The van der Waals surface area contributed by atoms with Crippen molar-refractivity contribution >= 4 is 11.8 Å². The number of carbonyl (C=O) groups excluding carboxylic acids is 2. The van der Waals surface area contributed by atoms with Gasteiger partial charge in [-0.2, -0.15) is 0 Å². The van der Waals surface area contributed by atoms with Gasteiger partial charge in [-0.05, 0) is 31.7 Å². The van der Waals surface area contributed by atoms with E-state index in [0.717, 1.165) is 13.0 Å². The zero-order chi connectivity index (χ0) is 18.4. The van der Waals surface area contributed by atoms with Crippen molar-refractivity contribution in [3.63, 3.8) is 0 Å². The Kier molecular flexibility index (Phi) is 6.06. The van der Waals surface area contributed by atoms with E-state index >= 15 is 0 Å². The van der Waals surface area contributed by atoms with Crippen LogP contribution in [0.15, 0.2) is 37.2 Å². The van der Waals surface area contributed by atoms with Crippen LogP contribution in [-0.4, -0.2) is 50.1 Å². The first-order valence-corrected chi connectivity index (χ1v) is 8.98. The molecule has 2 amide bonds. The van der Waals surface area contributed by atoms with Crippen LogP contribution in [0.1, 0.15) is 36.0 Å². The van der Waals surface area contributed by atoms with E-state index in [0.29, 0.717) is 31.4 Å². The molecule has 26 heavy (non-hydrogen) atoms. The number of aliphatic hydroxyl groups is 1. The fourth-order valence-electron chi connectivity index (χ4n) is 3.30. The van der Waals surface area contributed by atoms with Crippen molar-refractivity contribution in [2.75, 3.05) is 6.54 Å². The number of hydrogen-bond acceptors (Lipinski definition) is 4. The molecule has 1 saturated carbocycles. The number of nitrogens with one attached hydrogen (secondary N) is 3. The van der Waals surface area contributed by atoms with Crippen molar-refractivity contribution in [1.29, 1.82) is 0 Å². The van der Waals surface area contributed by atoms with E-state index < -0.39 is 12.1 Å². The van der Waals surface area contributed by atoms with Gasteiger partial charge in [0.15, 0.2) is 0 Å². The number of aromatic amines is 1. The number of nitrogens with zero attached hydrogens (tertiary/aromatic N) is 2. The van der Waals surface area contributed by atoms with Crippen LogP contribution in [0.5, 0.6) is 0 Å². The van der Waals surface area contributed by atoms with E-state index in [2.05, 4.69) is 20.6 Å². The van der Waals surface area contributed by atoms with Gasteiger partial charge in [0.05, 0.1) is 24.0 Å². The van der Waals surface area contributed by atoms with E-state index in [1.54, 1.807) is 31.0 Å². The van der Waals surface area contributed by atoms with Crippen molar-refractivity contribution in [2.45, 2.75) is 44.4 Å². The Bertz CT molecular complexity index is 698. The summed E-state index contributed by atoms with van der Waals surface area (Å²) in [5, 5.41) is 16.0. The number of aromatic nitrogens is 3. The minimum absolute atomic E-state index is 0.0107. The predicted octanol–water partition coefficient (Wildman–Crippen LogP) is 0.677. The van der Waals surface area contributed by atoms with Crippen LogP contribution >= 0.6 is 0 Å². The van der Waals surface area contributed by atoms with Crippen molar-refractivity contribution in [3.05, 3.63) is 42.7 Å². The van der Waals surface area contributed by atoms with Gasteiger partial charge in [-0.1, -0.05) is 0 Å². The number of aliphatic hydroxyl groups excluding tert-OH is 1. The lowest BCUT2D eigenvalue weighted by Crippen LogP contribution is -2.49. The molecule has 0 radical (unpaired) electrons. The second-order valence-electron chi connectivity index (χ2n) is 6.70. The van der Waals surface area contributed by atoms with Crippen molar-refractivity contribution in [1.82, 2.24) is 25.2 Å². The summed E-state index contributed by atoms with van der Waals surface area (Å²) in [6, 6.07) is 1.27. The lowest BCUT2D eigenvalue weighted by atomic mass is 9.83. The largest absolute Gasteiger partial charge is 0.391 e. The first kappa shape index (κ1) is 18.2. The Labute approximate surface area is 152 Å². The van der Waals surface area contributed by atoms with Gasteiger partial charge in [-0.25, -0.2) is 4.98 Å². The average molecular weight is 359 g/mol. The number of hydrogen-bond donors (Lipinski definition) is 4. The predicted molar refractivity (Wildman–Crippen MR) is 95.2 cm³/mol. The third-order valence-corrected chi connectivity index (χ3v) is 4.81. The fourth-order valence-corrected chi connectivity index (χ4v) is 3.30. The number of H-pyrrole nitrogens is 1. The molecule has 1 aliphatic carbocycles. The highest BCUT2D eigenvalue weighted by molar-refractivity contribution is 5.94. The van der Waals surface area contributed by atoms with Crippen molar-refractivity contribution in [3.8, 4) is 0 Å². The standard InChI is InChI=1S/C18H25N5O3/c24-16-3-2-13(10-15(16)22-18(26)14-4-6-19-11-14)17(25)21-5-1-8-23-9-7-20-12-23/h4,6-7,9,11-13,15-16,19,24H,1-3,5,8,10H2,(H,21,25)(H,22,26)/t13-,15+,16+/m0/s1. The molecule has 8 heteroatoms. The highest BCUT2D eigenvalue weighted by atomic mass is 16.3. The molecule has 0 unspecified atom stereocenters. The normalized spacial score (nSPS) is 22.7. The topological polar surface area (TPSA) is 112 Å².